The van der Waals surface area contributed by atoms with Gasteiger partial charge in [-0.1, -0.05) is 46.3 Å². The number of amides is 1. The van der Waals surface area contributed by atoms with E-state index < -0.39 is 0 Å². The van der Waals surface area contributed by atoms with Gasteiger partial charge in [0.05, 0.1) is 6.54 Å². The minimum atomic E-state index is -0.00626. The molecule has 1 amide bonds. The van der Waals surface area contributed by atoms with E-state index in [4.69, 9.17) is 5.73 Å². The van der Waals surface area contributed by atoms with Gasteiger partial charge in [-0.25, -0.2) is 0 Å². The van der Waals surface area contributed by atoms with Gasteiger partial charge < -0.3 is 11.1 Å². The fraction of sp³-hybridized carbons (Fsp3) is 0.278. The van der Waals surface area contributed by atoms with E-state index in [2.05, 4.69) is 38.3 Å². The Bertz CT molecular complexity index is 660. The number of benzene rings is 2. The number of carbonyl (C=O) groups is 1. The van der Waals surface area contributed by atoms with Crippen LogP contribution in [-0.4, -0.2) is 36.5 Å². The molecule has 3 N–H and O–H groups in total. The molecule has 23 heavy (non-hydrogen) atoms. The Morgan fingerprint density at radius 2 is 1.83 bits per heavy atom. The minimum Gasteiger partial charge on any atom is -0.326 e. The summed E-state index contributed by atoms with van der Waals surface area (Å²) in [7, 11) is 0. The third kappa shape index (κ3) is 4.19. The van der Waals surface area contributed by atoms with E-state index in [0.717, 1.165) is 23.2 Å². The number of rotatable bonds is 4. The molecule has 1 aliphatic heterocycles. The summed E-state index contributed by atoms with van der Waals surface area (Å²) in [5, 5.41) is 2.92. The lowest BCUT2D eigenvalue weighted by molar-refractivity contribution is -0.117. The van der Waals surface area contributed by atoms with Crippen molar-refractivity contribution in [2.75, 3.05) is 25.0 Å². The van der Waals surface area contributed by atoms with E-state index in [1.54, 1.807) is 0 Å². The number of nitrogens with two attached hydrogens (primary N) is 1. The first-order chi connectivity index (χ1) is 11.1. The van der Waals surface area contributed by atoms with E-state index >= 15 is 0 Å². The maximum atomic E-state index is 12.2. The smallest absolute Gasteiger partial charge is 0.238 e. The van der Waals surface area contributed by atoms with Gasteiger partial charge in [0.25, 0.3) is 0 Å². The Balaban J connectivity index is 1.56. The molecule has 2 atom stereocenters. The molecule has 2 aromatic rings. The molecule has 1 saturated heterocycles. The number of hydrogen-bond donors (Lipinski definition) is 2. The van der Waals surface area contributed by atoms with Crippen LogP contribution in [0.4, 0.5) is 5.69 Å². The number of likely N-dealkylation sites (tertiary alicyclic amines) is 1. The van der Waals surface area contributed by atoms with Gasteiger partial charge in [-0.05, 0) is 29.8 Å². The van der Waals surface area contributed by atoms with Gasteiger partial charge in [0.1, 0.15) is 0 Å². The van der Waals surface area contributed by atoms with Crippen molar-refractivity contribution < 1.29 is 4.79 Å². The molecule has 0 bridgehead atoms. The van der Waals surface area contributed by atoms with Crippen LogP contribution in [0, 0.1) is 0 Å². The van der Waals surface area contributed by atoms with E-state index in [-0.39, 0.29) is 17.9 Å². The second kappa shape index (κ2) is 7.25. The fourth-order valence-corrected chi connectivity index (χ4v) is 3.30. The van der Waals surface area contributed by atoms with Gasteiger partial charge in [-0.15, -0.1) is 0 Å². The van der Waals surface area contributed by atoms with E-state index in [9.17, 15) is 4.79 Å². The molecule has 0 spiro atoms. The maximum Gasteiger partial charge on any atom is 0.238 e. The Hall–Kier alpha value is -1.69. The molecule has 3 rings (SSSR count). The average molecular weight is 374 g/mol. The van der Waals surface area contributed by atoms with Crippen molar-refractivity contribution in [1.82, 2.24) is 4.90 Å². The summed E-state index contributed by atoms with van der Waals surface area (Å²) in [5.41, 5.74) is 8.32. The zero-order valence-corrected chi connectivity index (χ0v) is 14.4. The summed E-state index contributed by atoms with van der Waals surface area (Å²) in [5.74, 6) is 0.282. The summed E-state index contributed by atoms with van der Waals surface area (Å²) in [6, 6.07) is 17.9. The zero-order chi connectivity index (χ0) is 16.2. The molecular formula is C18H20BrN3O. The van der Waals surface area contributed by atoms with Gasteiger partial charge in [0.15, 0.2) is 0 Å². The van der Waals surface area contributed by atoms with Crippen LogP contribution in [0.15, 0.2) is 59.1 Å². The molecule has 0 radical (unpaired) electrons. The van der Waals surface area contributed by atoms with Gasteiger partial charge in [-0.2, -0.15) is 0 Å². The number of halogens is 1. The maximum absolute atomic E-state index is 12.2. The van der Waals surface area contributed by atoms with Gasteiger partial charge >= 0.3 is 0 Å². The van der Waals surface area contributed by atoms with Crippen molar-refractivity contribution in [3.05, 3.63) is 64.6 Å². The first-order valence-corrected chi connectivity index (χ1v) is 8.49. The third-order valence-electron chi connectivity index (χ3n) is 4.16. The quantitative estimate of drug-likeness (QED) is 0.865. The highest BCUT2D eigenvalue weighted by Gasteiger charge is 2.31. The van der Waals surface area contributed by atoms with Gasteiger partial charge in [0, 0.05) is 35.2 Å². The highest BCUT2D eigenvalue weighted by atomic mass is 79.9. The monoisotopic (exact) mass is 373 g/mol. The van der Waals surface area contributed by atoms with Crippen molar-refractivity contribution in [1.29, 1.82) is 0 Å². The standard InChI is InChI=1S/C18H20BrN3O/c19-14-6-8-15(9-7-14)21-18(23)12-22-10-16(17(20)11-22)13-4-2-1-3-5-13/h1-9,16-17H,10-12,20H2,(H,21,23)/t16-,17+/m0/s1. The molecule has 4 nitrogen and oxygen atoms in total. The summed E-state index contributed by atoms with van der Waals surface area (Å²) in [6.07, 6.45) is 0. The number of nitrogens with zero attached hydrogens (tertiary/aromatic N) is 1. The van der Waals surface area contributed by atoms with E-state index in [1.807, 2.05) is 42.5 Å². The number of nitrogens with one attached hydrogen (secondary N) is 1. The van der Waals surface area contributed by atoms with E-state index in [1.165, 1.54) is 5.56 Å². The van der Waals surface area contributed by atoms with E-state index in [0.29, 0.717) is 6.54 Å². The molecular weight excluding hydrogens is 354 g/mol. The second-order valence-corrected chi connectivity index (χ2v) is 6.85. The van der Waals surface area contributed by atoms with Crippen molar-refractivity contribution >= 4 is 27.5 Å². The Kier molecular flexibility index (Phi) is 5.10. The fourth-order valence-electron chi connectivity index (χ4n) is 3.03. The lowest BCUT2D eigenvalue weighted by Crippen LogP contribution is -2.33. The summed E-state index contributed by atoms with van der Waals surface area (Å²) in [4.78, 5) is 14.3. The highest BCUT2D eigenvalue weighted by Crippen LogP contribution is 2.26. The van der Waals surface area contributed by atoms with Crippen LogP contribution < -0.4 is 11.1 Å². The SMILES string of the molecule is N[C@@H]1CN(CC(=O)Nc2ccc(Br)cc2)C[C@H]1c1ccccc1. The Morgan fingerprint density at radius 1 is 1.13 bits per heavy atom. The number of carbonyl (C=O) groups excluding carboxylic acids is 1. The predicted molar refractivity (Wildman–Crippen MR) is 96.4 cm³/mol. The van der Waals surface area contributed by atoms with Crippen LogP contribution in [0.5, 0.6) is 0 Å². The Labute approximate surface area is 144 Å². The molecule has 0 aliphatic carbocycles. The van der Waals surface area contributed by atoms with Crippen molar-refractivity contribution in [3.63, 3.8) is 0 Å². The van der Waals surface area contributed by atoms with Crippen LogP contribution in [0.25, 0.3) is 0 Å². The molecule has 1 aliphatic rings. The third-order valence-corrected chi connectivity index (χ3v) is 4.69. The van der Waals surface area contributed by atoms with Crippen molar-refractivity contribution in [2.45, 2.75) is 12.0 Å². The molecule has 2 aromatic carbocycles. The molecule has 1 heterocycles. The lowest BCUT2D eigenvalue weighted by Gasteiger charge is -2.16. The molecule has 1 fully saturated rings. The zero-order valence-electron chi connectivity index (χ0n) is 12.8. The van der Waals surface area contributed by atoms with Gasteiger partial charge in [-0.3, -0.25) is 9.69 Å². The first kappa shape index (κ1) is 16.2. The molecule has 5 heteroatoms. The second-order valence-electron chi connectivity index (χ2n) is 5.93. The van der Waals surface area contributed by atoms with Crippen molar-refractivity contribution in [3.8, 4) is 0 Å². The van der Waals surface area contributed by atoms with Crippen LogP contribution in [0.2, 0.25) is 0 Å². The normalized spacial score (nSPS) is 21.3. The van der Waals surface area contributed by atoms with Crippen LogP contribution >= 0.6 is 15.9 Å². The molecule has 0 unspecified atom stereocenters. The van der Waals surface area contributed by atoms with Crippen LogP contribution in [0.3, 0.4) is 0 Å². The van der Waals surface area contributed by atoms with Crippen molar-refractivity contribution in [2.24, 2.45) is 5.73 Å². The number of anilines is 1. The minimum absolute atomic E-state index is 0.00626. The predicted octanol–water partition coefficient (Wildman–Crippen LogP) is 2.81. The number of hydrogen-bond acceptors (Lipinski definition) is 3. The molecule has 0 aromatic heterocycles. The van der Waals surface area contributed by atoms with Gasteiger partial charge in [0.2, 0.25) is 5.91 Å². The Morgan fingerprint density at radius 3 is 2.52 bits per heavy atom. The topological polar surface area (TPSA) is 58.4 Å². The summed E-state index contributed by atoms with van der Waals surface area (Å²) in [6.45, 7) is 1.93. The molecule has 0 saturated carbocycles. The highest BCUT2D eigenvalue weighted by molar-refractivity contribution is 9.10. The van der Waals surface area contributed by atoms with Crippen LogP contribution in [-0.2, 0) is 4.79 Å². The first-order valence-electron chi connectivity index (χ1n) is 7.70. The molecule has 120 valence electrons. The lowest BCUT2D eigenvalue weighted by atomic mass is 9.95. The summed E-state index contributed by atoms with van der Waals surface area (Å²) >= 11 is 3.38. The largest absolute Gasteiger partial charge is 0.326 e. The van der Waals surface area contributed by atoms with Crippen LogP contribution in [0.1, 0.15) is 11.5 Å². The summed E-state index contributed by atoms with van der Waals surface area (Å²) < 4.78 is 0.992. The average Bonchev–Trinajstić information content (AvgIpc) is 2.91.